The Morgan fingerprint density at radius 1 is 1.29 bits per heavy atom. The van der Waals surface area contributed by atoms with Gasteiger partial charge in [0.25, 0.3) is 0 Å². The lowest BCUT2D eigenvalue weighted by atomic mass is 9.96. The van der Waals surface area contributed by atoms with Crippen LogP contribution in [-0.2, 0) is 11.3 Å². The average molecular weight is 387 g/mol. The molecule has 0 unspecified atom stereocenters. The molecule has 1 amide bonds. The molecule has 1 fully saturated rings. The fourth-order valence-corrected chi connectivity index (χ4v) is 3.80. The van der Waals surface area contributed by atoms with Gasteiger partial charge in [-0.1, -0.05) is 20.8 Å². The molecule has 3 rings (SSSR count). The van der Waals surface area contributed by atoms with E-state index in [4.69, 9.17) is 0 Å². The molecule has 2 aromatic rings. The smallest absolute Gasteiger partial charge is 0.230 e. The van der Waals surface area contributed by atoms with Gasteiger partial charge in [-0.25, -0.2) is 4.68 Å². The van der Waals surface area contributed by atoms with E-state index in [0.717, 1.165) is 44.0 Å². The standard InChI is InChI=1S/C21H34N6O/c1-15-13-16(2)26(24-15)14-17(3)25-11-8-18(9-12-25)27-19(7-10-22-27)23-20(28)21(4,5)6/h7,10,13,17-18H,8-9,11-12,14H2,1-6H3,(H,23,28)/t17-/m0/s1. The summed E-state index contributed by atoms with van der Waals surface area (Å²) in [5, 5.41) is 12.1. The molecular weight excluding hydrogens is 352 g/mol. The van der Waals surface area contributed by atoms with Crippen molar-refractivity contribution in [2.45, 2.75) is 73.0 Å². The zero-order chi connectivity index (χ0) is 20.5. The summed E-state index contributed by atoms with van der Waals surface area (Å²) >= 11 is 0. The number of amides is 1. The fraction of sp³-hybridized carbons (Fsp3) is 0.667. The van der Waals surface area contributed by atoms with Crippen molar-refractivity contribution >= 4 is 11.7 Å². The summed E-state index contributed by atoms with van der Waals surface area (Å²) in [6, 6.07) is 4.78. The maximum Gasteiger partial charge on any atom is 0.230 e. The highest BCUT2D eigenvalue weighted by atomic mass is 16.2. The molecule has 2 aromatic heterocycles. The van der Waals surface area contributed by atoms with Crippen LogP contribution in [-0.4, -0.2) is 49.5 Å². The van der Waals surface area contributed by atoms with Crippen LogP contribution in [0.15, 0.2) is 18.3 Å². The van der Waals surface area contributed by atoms with Gasteiger partial charge in [0.05, 0.1) is 24.5 Å². The number of nitrogens with one attached hydrogen (secondary N) is 1. The van der Waals surface area contributed by atoms with Crippen molar-refractivity contribution < 1.29 is 4.79 Å². The van der Waals surface area contributed by atoms with E-state index in [2.05, 4.69) is 45.0 Å². The summed E-state index contributed by atoms with van der Waals surface area (Å²) in [6.07, 6.45) is 3.83. The van der Waals surface area contributed by atoms with E-state index in [1.165, 1.54) is 5.69 Å². The Labute approximate surface area is 168 Å². The summed E-state index contributed by atoms with van der Waals surface area (Å²) in [7, 11) is 0. The van der Waals surface area contributed by atoms with Gasteiger partial charge in [-0.3, -0.25) is 14.4 Å². The van der Waals surface area contributed by atoms with E-state index in [1.54, 1.807) is 6.20 Å². The Morgan fingerprint density at radius 3 is 2.54 bits per heavy atom. The van der Waals surface area contributed by atoms with E-state index in [-0.39, 0.29) is 5.91 Å². The minimum atomic E-state index is -0.420. The van der Waals surface area contributed by atoms with Gasteiger partial charge in [0.2, 0.25) is 5.91 Å². The maximum absolute atomic E-state index is 12.3. The molecule has 0 spiro atoms. The third-order valence-electron chi connectivity index (χ3n) is 5.60. The number of hydrogen-bond donors (Lipinski definition) is 1. The number of piperidine rings is 1. The molecule has 1 saturated heterocycles. The molecular formula is C21H34N6O. The summed E-state index contributed by atoms with van der Waals surface area (Å²) in [5.74, 6) is 0.819. The Bertz CT molecular complexity index is 807. The number of aromatic nitrogens is 4. The normalized spacial score (nSPS) is 17.6. The number of likely N-dealkylation sites (tertiary alicyclic amines) is 1. The lowest BCUT2D eigenvalue weighted by Gasteiger charge is -2.36. The van der Waals surface area contributed by atoms with Crippen molar-refractivity contribution in [1.82, 2.24) is 24.5 Å². The van der Waals surface area contributed by atoms with E-state index in [9.17, 15) is 4.79 Å². The van der Waals surface area contributed by atoms with Crippen LogP contribution in [0.1, 0.15) is 58.0 Å². The summed E-state index contributed by atoms with van der Waals surface area (Å²) < 4.78 is 4.10. The van der Waals surface area contributed by atoms with Crippen LogP contribution in [0.25, 0.3) is 0 Å². The number of carbonyl (C=O) groups excluding carboxylic acids is 1. The molecule has 1 aliphatic rings. The molecule has 0 radical (unpaired) electrons. The molecule has 7 nitrogen and oxygen atoms in total. The van der Waals surface area contributed by atoms with Crippen LogP contribution in [0.4, 0.5) is 5.82 Å². The van der Waals surface area contributed by atoms with Gasteiger partial charge < -0.3 is 5.32 Å². The first-order valence-corrected chi connectivity index (χ1v) is 10.2. The highest BCUT2D eigenvalue weighted by Gasteiger charge is 2.27. The second-order valence-corrected chi connectivity index (χ2v) is 9.09. The van der Waals surface area contributed by atoms with Crippen molar-refractivity contribution in [2.24, 2.45) is 5.41 Å². The van der Waals surface area contributed by atoms with Crippen LogP contribution in [0.2, 0.25) is 0 Å². The lowest BCUT2D eigenvalue weighted by molar-refractivity contribution is -0.123. The number of hydrogen-bond acceptors (Lipinski definition) is 4. The number of anilines is 1. The zero-order valence-electron chi connectivity index (χ0n) is 18.1. The van der Waals surface area contributed by atoms with Gasteiger partial charge in [0.15, 0.2) is 0 Å². The fourth-order valence-electron chi connectivity index (χ4n) is 3.80. The third-order valence-corrected chi connectivity index (χ3v) is 5.60. The van der Waals surface area contributed by atoms with Gasteiger partial charge >= 0.3 is 0 Å². The molecule has 0 aliphatic carbocycles. The minimum Gasteiger partial charge on any atom is -0.310 e. The molecule has 0 bridgehead atoms. The predicted octanol–water partition coefficient (Wildman–Crippen LogP) is 3.41. The first-order chi connectivity index (χ1) is 13.1. The Kier molecular flexibility index (Phi) is 5.93. The van der Waals surface area contributed by atoms with Gasteiger partial charge in [0.1, 0.15) is 5.82 Å². The van der Waals surface area contributed by atoms with Crippen molar-refractivity contribution in [1.29, 1.82) is 0 Å². The number of carbonyl (C=O) groups is 1. The van der Waals surface area contributed by atoms with Crippen molar-refractivity contribution in [2.75, 3.05) is 18.4 Å². The zero-order valence-corrected chi connectivity index (χ0v) is 18.1. The molecule has 1 N–H and O–H groups in total. The van der Waals surface area contributed by atoms with Crippen molar-refractivity contribution in [3.8, 4) is 0 Å². The monoisotopic (exact) mass is 386 g/mol. The van der Waals surface area contributed by atoms with Crippen LogP contribution in [0.3, 0.4) is 0 Å². The van der Waals surface area contributed by atoms with Crippen molar-refractivity contribution in [3.05, 3.63) is 29.7 Å². The Hall–Kier alpha value is -2.15. The number of rotatable bonds is 5. The van der Waals surface area contributed by atoms with Gasteiger partial charge in [-0.2, -0.15) is 10.2 Å². The highest BCUT2D eigenvalue weighted by molar-refractivity contribution is 5.93. The maximum atomic E-state index is 12.3. The largest absolute Gasteiger partial charge is 0.310 e. The molecule has 154 valence electrons. The molecule has 0 saturated carbocycles. The minimum absolute atomic E-state index is 0.0187. The molecule has 3 heterocycles. The summed E-state index contributed by atoms with van der Waals surface area (Å²) in [5.41, 5.74) is 1.87. The Morgan fingerprint density at radius 2 is 1.96 bits per heavy atom. The second kappa shape index (κ2) is 8.07. The molecule has 1 atom stereocenters. The molecule has 0 aromatic carbocycles. The molecule has 1 aliphatic heterocycles. The first kappa shape index (κ1) is 20.6. The summed E-state index contributed by atoms with van der Waals surface area (Å²) in [4.78, 5) is 14.9. The first-order valence-electron chi connectivity index (χ1n) is 10.2. The van der Waals surface area contributed by atoms with E-state index in [1.807, 2.05) is 38.4 Å². The predicted molar refractivity (Wildman–Crippen MR) is 111 cm³/mol. The van der Waals surface area contributed by atoms with E-state index < -0.39 is 5.41 Å². The van der Waals surface area contributed by atoms with Gasteiger partial charge in [0, 0.05) is 36.3 Å². The van der Waals surface area contributed by atoms with Crippen LogP contribution < -0.4 is 5.32 Å². The summed E-state index contributed by atoms with van der Waals surface area (Å²) in [6.45, 7) is 15.2. The molecule has 28 heavy (non-hydrogen) atoms. The highest BCUT2D eigenvalue weighted by Crippen LogP contribution is 2.27. The molecule has 7 heteroatoms. The third kappa shape index (κ3) is 4.63. The SMILES string of the molecule is Cc1cc(C)n(C[C@H](C)N2CCC(n3nccc3NC(=O)C(C)(C)C)CC2)n1. The van der Waals surface area contributed by atoms with E-state index in [0.29, 0.717) is 12.1 Å². The number of nitrogens with zero attached hydrogens (tertiary/aromatic N) is 5. The van der Waals surface area contributed by atoms with Gasteiger partial charge in [-0.15, -0.1) is 0 Å². The van der Waals surface area contributed by atoms with Gasteiger partial charge in [-0.05, 0) is 39.7 Å². The Balaban J connectivity index is 1.58. The second-order valence-electron chi connectivity index (χ2n) is 9.09. The lowest BCUT2D eigenvalue weighted by Crippen LogP contribution is -2.43. The van der Waals surface area contributed by atoms with Crippen LogP contribution in [0.5, 0.6) is 0 Å². The quantitative estimate of drug-likeness (QED) is 0.855. The van der Waals surface area contributed by atoms with Crippen LogP contribution in [0, 0.1) is 19.3 Å². The topological polar surface area (TPSA) is 68.0 Å². The average Bonchev–Trinajstić information content (AvgIpc) is 3.20. The van der Waals surface area contributed by atoms with Crippen molar-refractivity contribution in [3.63, 3.8) is 0 Å². The van der Waals surface area contributed by atoms with Crippen LogP contribution >= 0.6 is 0 Å². The number of aryl methyl sites for hydroxylation is 2. The van der Waals surface area contributed by atoms with E-state index >= 15 is 0 Å².